The maximum Gasteiger partial charge on any atom is 0.0204 e. The normalized spacial score (nSPS) is 35.8. The highest BCUT2D eigenvalue weighted by atomic mass is 15.1. The minimum atomic E-state index is 0.742. The molecule has 2 aliphatic rings. The predicted octanol–water partition coefficient (Wildman–Crippen LogP) is -0.110. The second kappa shape index (κ2) is 4.40. The zero-order valence-corrected chi connectivity index (χ0v) is 8.55. The Morgan fingerprint density at radius 2 is 2.38 bits per heavy atom. The molecule has 1 unspecified atom stereocenters. The van der Waals surface area contributed by atoms with Gasteiger partial charge in [-0.2, -0.15) is 0 Å². The van der Waals surface area contributed by atoms with Crippen LogP contribution in [0.3, 0.4) is 0 Å². The van der Waals surface area contributed by atoms with E-state index in [1.54, 1.807) is 0 Å². The van der Waals surface area contributed by atoms with Crippen LogP contribution >= 0.6 is 0 Å². The van der Waals surface area contributed by atoms with E-state index in [9.17, 15) is 0 Å². The lowest BCUT2D eigenvalue weighted by Crippen LogP contribution is -2.35. The second-order valence-corrected chi connectivity index (χ2v) is 4.51. The second-order valence-electron chi connectivity index (χ2n) is 4.51. The maximum absolute atomic E-state index is 3.65. The molecule has 3 nitrogen and oxygen atoms in total. The molecule has 0 aliphatic carbocycles. The van der Waals surface area contributed by atoms with Crippen molar-refractivity contribution in [2.75, 3.05) is 39.8 Å². The van der Waals surface area contributed by atoms with Crippen LogP contribution in [0.25, 0.3) is 0 Å². The first kappa shape index (κ1) is 9.44. The summed E-state index contributed by atoms with van der Waals surface area (Å²) in [6.45, 7) is 6.16. The van der Waals surface area contributed by atoms with Gasteiger partial charge in [0, 0.05) is 19.1 Å². The molecule has 76 valence electrons. The fraction of sp³-hybridized carbons (Fsp3) is 1.00. The number of rotatable bonds is 3. The van der Waals surface area contributed by atoms with Gasteiger partial charge in [-0.25, -0.2) is 0 Å². The summed E-state index contributed by atoms with van der Waals surface area (Å²) in [4.78, 5) is 2.43. The monoisotopic (exact) mass is 183 g/mol. The third-order valence-electron chi connectivity index (χ3n) is 3.24. The van der Waals surface area contributed by atoms with Crippen molar-refractivity contribution >= 4 is 0 Å². The molecule has 2 saturated heterocycles. The molecular weight excluding hydrogens is 162 g/mol. The van der Waals surface area contributed by atoms with Crippen LogP contribution in [0.4, 0.5) is 0 Å². The van der Waals surface area contributed by atoms with Crippen molar-refractivity contribution in [3.05, 3.63) is 0 Å². The molecule has 3 heteroatoms. The first-order valence-electron chi connectivity index (χ1n) is 5.47. The van der Waals surface area contributed by atoms with Crippen molar-refractivity contribution in [1.82, 2.24) is 15.5 Å². The standard InChI is InChI=1S/C10H21N3/c1-13-5-3-9(8-13)6-12-10-2-4-11-7-10/h9-12H,2-8H2,1H3/t9?,10-/m0/s1. The molecule has 0 radical (unpaired) electrons. The molecule has 0 aromatic heterocycles. The van der Waals surface area contributed by atoms with E-state index >= 15 is 0 Å². The number of nitrogens with zero attached hydrogens (tertiary/aromatic N) is 1. The van der Waals surface area contributed by atoms with Crippen molar-refractivity contribution in [3.63, 3.8) is 0 Å². The van der Waals surface area contributed by atoms with Crippen molar-refractivity contribution in [1.29, 1.82) is 0 Å². The molecule has 0 spiro atoms. The zero-order valence-electron chi connectivity index (χ0n) is 8.55. The topological polar surface area (TPSA) is 27.3 Å². The van der Waals surface area contributed by atoms with Gasteiger partial charge in [-0.05, 0) is 45.4 Å². The SMILES string of the molecule is CN1CCC(CN[C@H]2CCNC2)C1. The van der Waals surface area contributed by atoms with E-state index in [1.807, 2.05) is 0 Å². The van der Waals surface area contributed by atoms with Crippen molar-refractivity contribution in [2.45, 2.75) is 18.9 Å². The van der Waals surface area contributed by atoms with E-state index in [4.69, 9.17) is 0 Å². The molecule has 2 N–H and O–H groups in total. The van der Waals surface area contributed by atoms with Crippen molar-refractivity contribution in [2.24, 2.45) is 5.92 Å². The Morgan fingerprint density at radius 3 is 3.00 bits per heavy atom. The van der Waals surface area contributed by atoms with Gasteiger partial charge in [0.15, 0.2) is 0 Å². The molecule has 2 atom stereocenters. The zero-order chi connectivity index (χ0) is 9.10. The van der Waals surface area contributed by atoms with E-state index in [2.05, 4.69) is 22.6 Å². The molecule has 2 heterocycles. The Morgan fingerprint density at radius 1 is 1.46 bits per heavy atom. The molecule has 2 rings (SSSR count). The van der Waals surface area contributed by atoms with Crippen LogP contribution in [0.15, 0.2) is 0 Å². The Kier molecular flexibility index (Phi) is 3.19. The van der Waals surface area contributed by atoms with Gasteiger partial charge >= 0.3 is 0 Å². The maximum atomic E-state index is 3.65. The third-order valence-corrected chi connectivity index (χ3v) is 3.24. The Hall–Kier alpha value is -0.120. The van der Waals surface area contributed by atoms with Gasteiger partial charge in [0.2, 0.25) is 0 Å². The van der Waals surface area contributed by atoms with E-state index in [1.165, 1.54) is 45.6 Å². The van der Waals surface area contributed by atoms with Crippen LogP contribution in [0.1, 0.15) is 12.8 Å². The van der Waals surface area contributed by atoms with Crippen LogP contribution in [0, 0.1) is 5.92 Å². The highest BCUT2D eigenvalue weighted by molar-refractivity contribution is 4.81. The summed E-state index contributed by atoms with van der Waals surface area (Å²) in [5, 5.41) is 7.04. The summed E-state index contributed by atoms with van der Waals surface area (Å²) in [7, 11) is 2.22. The lowest BCUT2D eigenvalue weighted by molar-refractivity contribution is 0.380. The molecular formula is C10H21N3. The molecule has 0 aromatic rings. The van der Waals surface area contributed by atoms with Crippen LogP contribution in [0.5, 0.6) is 0 Å². The molecule has 0 aromatic carbocycles. The van der Waals surface area contributed by atoms with Gasteiger partial charge in [0.05, 0.1) is 0 Å². The summed E-state index contributed by atoms with van der Waals surface area (Å²) in [5.74, 6) is 0.894. The summed E-state index contributed by atoms with van der Waals surface area (Å²) < 4.78 is 0. The van der Waals surface area contributed by atoms with Gasteiger partial charge in [-0.1, -0.05) is 0 Å². The van der Waals surface area contributed by atoms with Gasteiger partial charge in [0.1, 0.15) is 0 Å². The van der Waals surface area contributed by atoms with E-state index in [0.717, 1.165) is 12.0 Å². The number of nitrogens with one attached hydrogen (secondary N) is 2. The number of hydrogen-bond donors (Lipinski definition) is 2. The minimum absolute atomic E-state index is 0.742. The molecule has 2 aliphatic heterocycles. The van der Waals surface area contributed by atoms with Gasteiger partial charge in [-0.15, -0.1) is 0 Å². The summed E-state index contributed by atoms with van der Waals surface area (Å²) in [5.41, 5.74) is 0. The molecule has 2 fully saturated rings. The Balaban J connectivity index is 1.62. The quantitative estimate of drug-likeness (QED) is 0.639. The van der Waals surface area contributed by atoms with Crippen LogP contribution in [-0.2, 0) is 0 Å². The first-order chi connectivity index (χ1) is 6.34. The first-order valence-corrected chi connectivity index (χ1v) is 5.47. The number of hydrogen-bond acceptors (Lipinski definition) is 3. The summed E-state index contributed by atoms with van der Waals surface area (Å²) in [6, 6.07) is 0.742. The molecule has 13 heavy (non-hydrogen) atoms. The van der Waals surface area contributed by atoms with E-state index < -0.39 is 0 Å². The highest BCUT2D eigenvalue weighted by Gasteiger charge is 2.21. The van der Waals surface area contributed by atoms with Gasteiger partial charge < -0.3 is 15.5 Å². The molecule has 0 saturated carbocycles. The van der Waals surface area contributed by atoms with E-state index in [-0.39, 0.29) is 0 Å². The van der Waals surface area contributed by atoms with Gasteiger partial charge in [0.25, 0.3) is 0 Å². The van der Waals surface area contributed by atoms with Gasteiger partial charge in [-0.3, -0.25) is 0 Å². The van der Waals surface area contributed by atoms with E-state index in [0.29, 0.717) is 0 Å². The lowest BCUT2D eigenvalue weighted by Gasteiger charge is -2.15. The third kappa shape index (κ3) is 2.66. The average molecular weight is 183 g/mol. The largest absolute Gasteiger partial charge is 0.315 e. The fourth-order valence-corrected chi connectivity index (χ4v) is 2.36. The molecule has 0 bridgehead atoms. The van der Waals surface area contributed by atoms with Crippen molar-refractivity contribution in [3.8, 4) is 0 Å². The Labute approximate surface area is 80.9 Å². The fourth-order valence-electron chi connectivity index (χ4n) is 2.36. The van der Waals surface area contributed by atoms with Crippen LogP contribution < -0.4 is 10.6 Å². The van der Waals surface area contributed by atoms with Crippen molar-refractivity contribution < 1.29 is 0 Å². The average Bonchev–Trinajstić information content (AvgIpc) is 2.71. The Bertz CT molecular complexity index is 154. The summed E-state index contributed by atoms with van der Waals surface area (Å²) in [6.07, 6.45) is 2.69. The number of likely N-dealkylation sites (tertiary alicyclic amines) is 1. The lowest BCUT2D eigenvalue weighted by atomic mass is 10.1. The smallest absolute Gasteiger partial charge is 0.0204 e. The predicted molar refractivity (Wildman–Crippen MR) is 54.9 cm³/mol. The minimum Gasteiger partial charge on any atom is -0.315 e. The summed E-state index contributed by atoms with van der Waals surface area (Å²) >= 11 is 0. The van der Waals surface area contributed by atoms with Crippen LogP contribution in [0.2, 0.25) is 0 Å². The van der Waals surface area contributed by atoms with Crippen LogP contribution in [-0.4, -0.2) is 50.7 Å². The molecule has 0 amide bonds. The highest BCUT2D eigenvalue weighted by Crippen LogP contribution is 2.13.